The molecule has 2 aromatic carbocycles. The minimum absolute atomic E-state index is 0.00801. The van der Waals surface area contributed by atoms with Gasteiger partial charge in [-0.1, -0.05) is 35.9 Å². The number of benzene rings is 2. The van der Waals surface area contributed by atoms with Crippen molar-refractivity contribution in [1.82, 2.24) is 5.32 Å². The average Bonchev–Trinajstić information content (AvgIpc) is 2.65. The van der Waals surface area contributed by atoms with E-state index in [0.29, 0.717) is 6.42 Å². The summed E-state index contributed by atoms with van der Waals surface area (Å²) in [5, 5.41) is 3.12. The van der Waals surface area contributed by atoms with Crippen LogP contribution in [0.25, 0.3) is 0 Å². The number of hydrogen-bond acceptors (Lipinski definition) is 3. The Morgan fingerprint density at radius 2 is 1.81 bits per heavy atom. The fourth-order valence-corrected chi connectivity index (χ4v) is 3.33. The first kappa shape index (κ1) is 18.5. The van der Waals surface area contributed by atoms with Gasteiger partial charge in [0, 0.05) is 18.8 Å². The van der Waals surface area contributed by atoms with Crippen LogP contribution < -0.4 is 10.2 Å². The molecule has 1 atom stereocenters. The van der Waals surface area contributed by atoms with E-state index < -0.39 is 0 Å². The van der Waals surface area contributed by atoms with Gasteiger partial charge in [0.05, 0.1) is 25.7 Å². The Morgan fingerprint density at radius 3 is 2.50 bits per heavy atom. The maximum absolute atomic E-state index is 12.4. The van der Waals surface area contributed by atoms with Crippen molar-refractivity contribution < 1.29 is 9.53 Å². The molecular weight excluding hydrogens is 324 g/mol. The number of carbonyl (C=O) groups is 1. The second-order valence-electron chi connectivity index (χ2n) is 7.09. The monoisotopic (exact) mass is 352 g/mol. The van der Waals surface area contributed by atoms with E-state index in [0.717, 1.165) is 43.0 Å². The van der Waals surface area contributed by atoms with Gasteiger partial charge >= 0.3 is 0 Å². The first-order valence-corrected chi connectivity index (χ1v) is 9.31. The summed E-state index contributed by atoms with van der Waals surface area (Å²) in [6, 6.07) is 14.7. The molecule has 0 spiro atoms. The van der Waals surface area contributed by atoms with E-state index in [1.807, 2.05) is 6.92 Å². The Bertz CT molecular complexity index is 749. The molecule has 138 valence electrons. The minimum Gasteiger partial charge on any atom is -0.378 e. The average molecular weight is 352 g/mol. The van der Waals surface area contributed by atoms with Crippen molar-refractivity contribution >= 4 is 11.6 Å². The second-order valence-corrected chi connectivity index (χ2v) is 7.09. The standard InChI is InChI=1S/C22H28N2O2/c1-16-4-5-17(2)20(14-16)15-22(25)23-18(3)19-6-8-21(9-7-19)24-10-12-26-13-11-24/h4-9,14,18H,10-13,15H2,1-3H3,(H,23,25)/t18-/m1/s1. The largest absolute Gasteiger partial charge is 0.378 e. The normalized spacial score (nSPS) is 15.6. The predicted molar refractivity (Wildman–Crippen MR) is 106 cm³/mol. The summed E-state index contributed by atoms with van der Waals surface area (Å²) in [5.74, 6) is 0.0588. The Balaban J connectivity index is 1.59. The van der Waals surface area contributed by atoms with Crippen molar-refractivity contribution in [3.05, 3.63) is 64.7 Å². The van der Waals surface area contributed by atoms with Crippen LogP contribution in [-0.4, -0.2) is 32.2 Å². The molecule has 2 aromatic rings. The zero-order chi connectivity index (χ0) is 18.5. The van der Waals surface area contributed by atoms with Crippen LogP contribution in [0.1, 0.15) is 35.2 Å². The van der Waals surface area contributed by atoms with Gasteiger partial charge in [0.1, 0.15) is 0 Å². The first-order chi connectivity index (χ1) is 12.5. The molecule has 1 amide bonds. The van der Waals surface area contributed by atoms with E-state index >= 15 is 0 Å². The van der Waals surface area contributed by atoms with Crippen LogP contribution in [0.5, 0.6) is 0 Å². The highest BCUT2D eigenvalue weighted by Gasteiger charge is 2.14. The zero-order valence-electron chi connectivity index (χ0n) is 15.9. The number of aryl methyl sites for hydroxylation is 2. The molecule has 0 aromatic heterocycles. The van der Waals surface area contributed by atoms with Crippen LogP contribution in [-0.2, 0) is 16.0 Å². The third kappa shape index (κ3) is 4.64. The lowest BCUT2D eigenvalue weighted by atomic mass is 10.0. The molecule has 4 nitrogen and oxygen atoms in total. The molecule has 1 heterocycles. The number of ether oxygens (including phenoxy) is 1. The van der Waals surface area contributed by atoms with Gasteiger partial charge < -0.3 is 15.0 Å². The number of nitrogens with zero attached hydrogens (tertiary/aromatic N) is 1. The fourth-order valence-electron chi connectivity index (χ4n) is 3.33. The van der Waals surface area contributed by atoms with E-state index in [1.165, 1.54) is 11.3 Å². The van der Waals surface area contributed by atoms with Gasteiger partial charge in [0.15, 0.2) is 0 Å². The van der Waals surface area contributed by atoms with E-state index in [-0.39, 0.29) is 11.9 Å². The molecule has 1 aliphatic rings. The lowest BCUT2D eigenvalue weighted by Gasteiger charge is -2.29. The number of amides is 1. The van der Waals surface area contributed by atoms with Gasteiger partial charge in [0.25, 0.3) is 0 Å². The van der Waals surface area contributed by atoms with Crippen LogP contribution >= 0.6 is 0 Å². The maximum atomic E-state index is 12.4. The summed E-state index contributed by atoms with van der Waals surface area (Å²) in [6.07, 6.45) is 0.420. The third-order valence-corrected chi connectivity index (χ3v) is 5.00. The quantitative estimate of drug-likeness (QED) is 0.895. The molecule has 3 rings (SSSR count). The van der Waals surface area contributed by atoms with E-state index in [1.54, 1.807) is 0 Å². The Morgan fingerprint density at radius 1 is 1.12 bits per heavy atom. The van der Waals surface area contributed by atoms with Crippen molar-refractivity contribution in [1.29, 1.82) is 0 Å². The van der Waals surface area contributed by atoms with Gasteiger partial charge in [-0.25, -0.2) is 0 Å². The number of morpholine rings is 1. The molecule has 1 N–H and O–H groups in total. The van der Waals surface area contributed by atoms with Gasteiger partial charge in [0.2, 0.25) is 5.91 Å². The molecule has 1 fully saturated rings. The van der Waals surface area contributed by atoms with Crippen molar-refractivity contribution in [3.63, 3.8) is 0 Å². The van der Waals surface area contributed by atoms with Crippen LogP contribution in [0.2, 0.25) is 0 Å². The third-order valence-electron chi connectivity index (χ3n) is 5.00. The lowest BCUT2D eigenvalue weighted by molar-refractivity contribution is -0.121. The summed E-state index contributed by atoms with van der Waals surface area (Å²) >= 11 is 0. The molecule has 4 heteroatoms. The summed E-state index contributed by atoms with van der Waals surface area (Å²) in [4.78, 5) is 14.8. The molecule has 0 saturated carbocycles. The first-order valence-electron chi connectivity index (χ1n) is 9.31. The fraction of sp³-hybridized carbons (Fsp3) is 0.409. The molecule has 0 radical (unpaired) electrons. The smallest absolute Gasteiger partial charge is 0.224 e. The number of carbonyl (C=O) groups excluding carboxylic acids is 1. The molecule has 1 aliphatic heterocycles. The molecule has 26 heavy (non-hydrogen) atoms. The molecule has 0 aliphatic carbocycles. The predicted octanol–water partition coefficient (Wildman–Crippen LogP) is 3.56. The minimum atomic E-state index is -0.00801. The second kappa shape index (κ2) is 8.37. The Labute approximate surface area is 156 Å². The van der Waals surface area contributed by atoms with Gasteiger partial charge in [-0.05, 0) is 49.6 Å². The lowest BCUT2D eigenvalue weighted by Crippen LogP contribution is -2.36. The van der Waals surface area contributed by atoms with Crippen molar-refractivity contribution in [2.24, 2.45) is 0 Å². The number of nitrogens with one attached hydrogen (secondary N) is 1. The summed E-state index contributed by atoms with van der Waals surface area (Å²) < 4.78 is 5.40. The summed E-state index contributed by atoms with van der Waals surface area (Å²) in [6.45, 7) is 9.57. The number of rotatable bonds is 5. The Hall–Kier alpha value is -2.33. The molecular formula is C22H28N2O2. The SMILES string of the molecule is Cc1ccc(C)c(CC(=O)N[C@H](C)c2ccc(N3CCOCC3)cc2)c1. The van der Waals surface area contributed by atoms with Crippen molar-refractivity contribution in [2.45, 2.75) is 33.2 Å². The highest BCUT2D eigenvalue weighted by molar-refractivity contribution is 5.79. The van der Waals surface area contributed by atoms with E-state index in [2.05, 4.69) is 66.5 Å². The zero-order valence-corrected chi connectivity index (χ0v) is 15.9. The van der Waals surface area contributed by atoms with Crippen LogP contribution in [0.4, 0.5) is 5.69 Å². The van der Waals surface area contributed by atoms with Gasteiger partial charge in [-0.15, -0.1) is 0 Å². The Kier molecular flexibility index (Phi) is 5.94. The van der Waals surface area contributed by atoms with Gasteiger partial charge in [-0.3, -0.25) is 4.79 Å². The summed E-state index contributed by atoms with van der Waals surface area (Å²) in [7, 11) is 0. The number of hydrogen-bond donors (Lipinski definition) is 1. The molecule has 0 bridgehead atoms. The maximum Gasteiger partial charge on any atom is 0.224 e. The molecule has 0 unspecified atom stereocenters. The van der Waals surface area contributed by atoms with Crippen LogP contribution in [0.3, 0.4) is 0 Å². The topological polar surface area (TPSA) is 41.6 Å². The summed E-state index contributed by atoms with van der Waals surface area (Å²) in [5.41, 5.74) is 5.78. The van der Waals surface area contributed by atoms with Gasteiger partial charge in [-0.2, -0.15) is 0 Å². The molecule has 1 saturated heterocycles. The highest BCUT2D eigenvalue weighted by atomic mass is 16.5. The van der Waals surface area contributed by atoms with Crippen molar-refractivity contribution in [3.8, 4) is 0 Å². The number of anilines is 1. The van der Waals surface area contributed by atoms with Crippen LogP contribution in [0.15, 0.2) is 42.5 Å². The van der Waals surface area contributed by atoms with Crippen LogP contribution in [0, 0.1) is 13.8 Å². The highest BCUT2D eigenvalue weighted by Crippen LogP contribution is 2.20. The van der Waals surface area contributed by atoms with E-state index in [9.17, 15) is 4.79 Å². The van der Waals surface area contributed by atoms with Crippen molar-refractivity contribution in [2.75, 3.05) is 31.2 Å². The van der Waals surface area contributed by atoms with E-state index in [4.69, 9.17) is 4.74 Å².